The Labute approximate surface area is 88.6 Å². The van der Waals surface area contributed by atoms with Crippen LogP contribution in [0.5, 0.6) is 0 Å². The minimum Gasteiger partial charge on any atom is -0.379 e. The normalized spacial score (nSPS) is 14.3. The average molecular weight is 215 g/mol. The van der Waals surface area contributed by atoms with Crippen LogP contribution in [0.15, 0.2) is 5.38 Å². The summed E-state index contributed by atoms with van der Waals surface area (Å²) in [6, 6.07) is -0.0248. The number of ether oxygens (including phenoxy) is 1. The molecular weight excluding hydrogens is 198 g/mol. The molecule has 0 spiro atoms. The molecule has 0 radical (unpaired) electrons. The minimum absolute atomic E-state index is 0.0248. The molecule has 0 bridgehead atoms. The number of aromatic nitrogens is 2. The highest BCUT2D eigenvalue weighted by atomic mass is 32.1. The van der Waals surface area contributed by atoms with Gasteiger partial charge in [0, 0.05) is 18.5 Å². The Morgan fingerprint density at radius 3 is 2.86 bits per heavy atom. The van der Waals surface area contributed by atoms with E-state index < -0.39 is 0 Å². The summed E-state index contributed by atoms with van der Waals surface area (Å²) in [6.45, 7) is 4.11. The molecule has 0 aliphatic carbocycles. The molecule has 1 aromatic heterocycles. The zero-order valence-electron chi connectivity index (χ0n) is 8.86. The third-order valence-corrected chi connectivity index (χ3v) is 2.89. The van der Waals surface area contributed by atoms with E-state index in [4.69, 9.17) is 10.5 Å². The van der Waals surface area contributed by atoms with Crippen LogP contribution in [0.1, 0.15) is 38.4 Å². The van der Waals surface area contributed by atoms with Crippen molar-refractivity contribution in [1.29, 1.82) is 0 Å². The monoisotopic (exact) mass is 215 g/mol. The van der Waals surface area contributed by atoms with Crippen LogP contribution in [-0.2, 0) is 4.74 Å². The fourth-order valence-electron chi connectivity index (χ4n) is 1.09. The van der Waals surface area contributed by atoms with Gasteiger partial charge in [0.1, 0.15) is 0 Å². The summed E-state index contributed by atoms with van der Waals surface area (Å²) in [7, 11) is 1.72. The quantitative estimate of drug-likeness (QED) is 0.812. The molecule has 1 aromatic rings. The minimum atomic E-state index is -0.110. The molecular formula is C9H17N3OS. The lowest BCUT2D eigenvalue weighted by Crippen LogP contribution is -2.24. The van der Waals surface area contributed by atoms with Crippen molar-refractivity contribution in [1.82, 2.24) is 9.59 Å². The molecule has 4 nitrogen and oxygen atoms in total. The van der Waals surface area contributed by atoms with Crippen molar-refractivity contribution < 1.29 is 4.74 Å². The van der Waals surface area contributed by atoms with Crippen molar-refractivity contribution in [2.45, 2.75) is 38.3 Å². The maximum Gasteiger partial charge on any atom is 0.0922 e. The number of nitrogens with two attached hydrogens (primary N) is 1. The zero-order valence-corrected chi connectivity index (χ0v) is 9.67. The van der Waals surface area contributed by atoms with Crippen molar-refractivity contribution in [3.05, 3.63) is 11.1 Å². The number of hydrogen-bond acceptors (Lipinski definition) is 5. The lowest BCUT2D eigenvalue weighted by Gasteiger charge is -2.23. The highest BCUT2D eigenvalue weighted by molar-refractivity contribution is 7.03. The molecule has 5 heteroatoms. The average Bonchev–Trinajstić information content (AvgIpc) is 2.67. The fraction of sp³-hybridized carbons (Fsp3) is 0.778. The van der Waals surface area contributed by atoms with Crippen LogP contribution in [0.2, 0.25) is 0 Å². The highest BCUT2D eigenvalue weighted by Gasteiger charge is 2.19. The van der Waals surface area contributed by atoms with Gasteiger partial charge in [0.2, 0.25) is 0 Å². The van der Waals surface area contributed by atoms with E-state index in [-0.39, 0.29) is 11.6 Å². The zero-order chi connectivity index (χ0) is 10.6. The second-order valence-corrected chi connectivity index (χ2v) is 4.55. The van der Waals surface area contributed by atoms with Gasteiger partial charge in [0.25, 0.3) is 0 Å². The van der Waals surface area contributed by atoms with Gasteiger partial charge in [-0.05, 0) is 38.2 Å². The molecule has 0 saturated heterocycles. The first-order valence-electron chi connectivity index (χ1n) is 4.63. The molecule has 80 valence electrons. The largest absolute Gasteiger partial charge is 0.379 e. The van der Waals surface area contributed by atoms with E-state index in [1.807, 2.05) is 5.38 Å². The van der Waals surface area contributed by atoms with Gasteiger partial charge in [0.05, 0.1) is 11.3 Å². The van der Waals surface area contributed by atoms with Crippen LogP contribution in [0.3, 0.4) is 0 Å². The Morgan fingerprint density at radius 2 is 2.36 bits per heavy atom. The van der Waals surface area contributed by atoms with Gasteiger partial charge in [-0.25, -0.2) is 0 Å². The van der Waals surface area contributed by atoms with Crippen LogP contribution in [-0.4, -0.2) is 22.3 Å². The number of nitrogens with zero attached hydrogens (tertiary/aromatic N) is 2. The second-order valence-electron chi connectivity index (χ2n) is 3.94. The van der Waals surface area contributed by atoms with Crippen LogP contribution in [0.25, 0.3) is 0 Å². The van der Waals surface area contributed by atoms with E-state index in [1.165, 1.54) is 11.5 Å². The van der Waals surface area contributed by atoms with E-state index >= 15 is 0 Å². The van der Waals surface area contributed by atoms with Gasteiger partial charge < -0.3 is 10.5 Å². The molecule has 2 N–H and O–H groups in total. The van der Waals surface area contributed by atoms with Gasteiger partial charge in [0.15, 0.2) is 0 Å². The van der Waals surface area contributed by atoms with Gasteiger partial charge in [-0.1, -0.05) is 4.49 Å². The summed E-state index contributed by atoms with van der Waals surface area (Å²) >= 11 is 1.33. The highest BCUT2D eigenvalue weighted by Crippen LogP contribution is 2.21. The molecule has 0 fully saturated rings. The number of rotatable bonds is 5. The van der Waals surface area contributed by atoms with Gasteiger partial charge in [-0.3, -0.25) is 0 Å². The number of methoxy groups -OCH3 is 1. The van der Waals surface area contributed by atoms with E-state index in [0.29, 0.717) is 0 Å². The Balaban J connectivity index is 2.39. The third-order valence-electron chi connectivity index (χ3n) is 2.37. The molecule has 1 heterocycles. The van der Waals surface area contributed by atoms with Crippen LogP contribution >= 0.6 is 11.5 Å². The Kier molecular flexibility index (Phi) is 3.97. The molecule has 0 amide bonds. The molecule has 1 rings (SSSR count). The predicted molar refractivity (Wildman–Crippen MR) is 57.2 cm³/mol. The van der Waals surface area contributed by atoms with Gasteiger partial charge in [-0.15, -0.1) is 5.10 Å². The fourth-order valence-corrected chi connectivity index (χ4v) is 1.60. The van der Waals surface area contributed by atoms with E-state index in [9.17, 15) is 0 Å². The van der Waals surface area contributed by atoms with Gasteiger partial charge >= 0.3 is 0 Å². The SMILES string of the molecule is COC(C)(C)CCC(N)c1csnn1. The van der Waals surface area contributed by atoms with Crippen molar-refractivity contribution in [3.63, 3.8) is 0 Å². The smallest absolute Gasteiger partial charge is 0.0922 e. The topological polar surface area (TPSA) is 61.0 Å². The molecule has 0 aliphatic rings. The first kappa shape index (κ1) is 11.6. The molecule has 0 aliphatic heterocycles. The molecule has 0 saturated carbocycles. The summed E-state index contributed by atoms with van der Waals surface area (Å²) < 4.78 is 9.10. The molecule has 1 unspecified atom stereocenters. The summed E-state index contributed by atoms with van der Waals surface area (Å²) in [6.07, 6.45) is 1.79. The van der Waals surface area contributed by atoms with Gasteiger partial charge in [-0.2, -0.15) is 0 Å². The number of hydrogen-bond donors (Lipinski definition) is 1. The van der Waals surface area contributed by atoms with Crippen LogP contribution in [0, 0.1) is 0 Å². The molecule has 0 aromatic carbocycles. The maximum atomic E-state index is 5.95. The van der Waals surface area contributed by atoms with Crippen molar-refractivity contribution in [2.24, 2.45) is 5.73 Å². The summed E-state index contributed by atoms with van der Waals surface area (Å²) in [5.41, 5.74) is 6.72. The Hall–Kier alpha value is -0.520. The van der Waals surface area contributed by atoms with Crippen LogP contribution < -0.4 is 5.73 Å². The summed E-state index contributed by atoms with van der Waals surface area (Å²) in [4.78, 5) is 0. The third kappa shape index (κ3) is 3.32. The Morgan fingerprint density at radius 1 is 1.64 bits per heavy atom. The van der Waals surface area contributed by atoms with Crippen molar-refractivity contribution >= 4 is 11.5 Å². The second kappa shape index (κ2) is 4.82. The lowest BCUT2D eigenvalue weighted by molar-refractivity contribution is 0.0124. The first-order chi connectivity index (χ1) is 6.55. The molecule has 14 heavy (non-hydrogen) atoms. The van der Waals surface area contributed by atoms with Crippen molar-refractivity contribution in [2.75, 3.05) is 7.11 Å². The molecule has 1 atom stereocenters. The van der Waals surface area contributed by atoms with E-state index in [1.54, 1.807) is 7.11 Å². The summed E-state index contributed by atoms with van der Waals surface area (Å²) in [5, 5.41) is 5.84. The predicted octanol–water partition coefficient (Wildman–Crippen LogP) is 1.74. The standard InChI is InChI=1S/C9H17N3OS/c1-9(2,13-3)5-4-7(10)8-6-14-12-11-8/h6-7H,4-5,10H2,1-3H3. The van der Waals surface area contributed by atoms with Crippen molar-refractivity contribution in [3.8, 4) is 0 Å². The van der Waals surface area contributed by atoms with E-state index in [2.05, 4.69) is 23.4 Å². The first-order valence-corrected chi connectivity index (χ1v) is 5.46. The van der Waals surface area contributed by atoms with E-state index in [0.717, 1.165) is 18.5 Å². The maximum absolute atomic E-state index is 5.95. The summed E-state index contributed by atoms with van der Waals surface area (Å²) in [5.74, 6) is 0. The van der Waals surface area contributed by atoms with Crippen LogP contribution in [0.4, 0.5) is 0 Å². The lowest BCUT2D eigenvalue weighted by atomic mass is 9.98. The Bertz CT molecular complexity index is 261.